The van der Waals surface area contributed by atoms with E-state index in [0.29, 0.717) is 12.5 Å². The van der Waals surface area contributed by atoms with Crippen LogP contribution in [0.1, 0.15) is 40.2 Å². The summed E-state index contributed by atoms with van der Waals surface area (Å²) >= 11 is 0. The van der Waals surface area contributed by atoms with E-state index >= 15 is 0 Å². The molecule has 1 unspecified atom stereocenters. The molecule has 1 aromatic carbocycles. The van der Waals surface area contributed by atoms with E-state index < -0.39 is 11.1 Å². The normalized spacial score (nSPS) is 25.1. The number of nitrogens with zero attached hydrogens (tertiary/aromatic N) is 1. The second-order valence-corrected chi connectivity index (χ2v) is 6.81. The Morgan fingerprint density at radius 2 is 1.67 bits per heavy atom. The van der Waals surface area contributed by atoms with Gasteiger partial charge in [0.15, 0.2) is 0 Å². The Bertz CT molecular complexity index is 551. The molecule has 0 saturated carbocycles. The van der Waals surface area contributed by atoms with Crippen LogP contribution in [0.5, 0.6) is 0 Å². The number of hydrogen-bond donors (Lipinski definition) is 1. The lowest BCUT2D eigenvalue weighted by Crippen LogP contribution is -2.72. The SMILES string of the molecule is CC(C)CN1C(=O)C(C)(c2ccccc2)NC(=O)C1(C)C. The Morgan fingerprint density at radius 3 is 2.19 bits per heavy atom. The summed E-state index contributed by atoms with van der Waals surface area (Å²) in [6.07, 6.45) is 0. The maximum Gasteiger partial charge on any atom is 0.253 e. The molecule has 2 amide bonds. The zero-order valence-electron chi connectivity index (χ0n) is 13.4. The topological polar surface area (TPSA) is 49.4 Å². The van der Waals surface area contributed by atoms with Crippen molar-refractivity contribution in [1.82, 2.24) is 10.2 Å². The molecule has 1 fully saturated rings. The van der Waals surface area contributed by atoms with Crippen LogP contribution in [0.4, 0.5) is 0 Å². The predicted octanol–water partition coefficient (Wildman–Crippen LogP) is 2.29. The third kappa shape index (κ3) is 2.55. The van der Waals surface area contributed by atoms with Crippen LogP contribution in [0.2, 0.25) is 0 Å². The van der Waals surface area contributed by atoms with E-state index in [4.69, 9.17) is 0 Å². The highest BCUT2D eigenvalue weighted by Gasteiger charge is 2.52. The van der Waals surface area contributed by atoms with Gasteiger partial charge in [-0.15, -0.1) is 0 Å². The van der Waals surface area contributed by atoms with Gasteiger partial charge in [0.1, 0.15) is 11.1 Å². The highest BCUT2D eigenvalue weighted by molar-refractivity contribution is 6.02. The molecule has 0 spiro atoms. The van der Waals surface area contributed by atoms with E-state index in [1.165, 1.54) is 0 Å². The minimum atomic E-state index is -0.997. The van der Waals surface area contributed by atoms with Crippen LogP contribution in [-0.4, -0.2) is 28.8 Å². The second kappa shape index (κ2) is 5.17. The lowest BCUT2D eigenvalue weighted by molar-refractivity contribution is -0.161. The summed E-state index contributed by atoms with van der Waals surface area (Å²) in [5, 5.41) is 2.92. The predicted molar refractivity (Wildman–Crippen MR) is 82.6 cm³/mol. The maximum atomic E-state index is 13.1. The van der Waals surface area contributed by atoms with Crippen molar-refractivity contribution in [3.05, 3.63) is 35.9 Å². The summed E-state index contributed by atoms with van der Waals surface area (Å²) < 4.78 is 0. The minimum absolute atomic E-state index is 0.0491. The van der Waals surface area contributed by atoms with Gasteiger partial charge in [0.25, 0.3) is 5.91 Å². The van der Waals surface area contributed by atoms with E-state index in [2.05, 4.69) is 19.2 Å². The quantitative estimate of drug-likeness (QED) is 0.927. The summed E-state index contributed by atoms with van der Waals surface area (Å²) in [6, 6.07) is 9.42. The Labute approximate surface area is 126 Å². The number of carbonyl (C=O) groups is 2. The number of carbonyl (C=O) groups excluding carboxylic acids is 2. The molecule has 0 aromatic heterocycles. The molecule has 4 heteroatoms. The van der Waals surface area contributed by atoms with E-state index in [9.17, 15) is 9.59 Å². The molecule has 0 bridgehead atoms. The molecule has 0 radical (unpaired) electrons. The summed E-state index contributed by atoms with van der Waals surface area (Å²) in [5.41, 5.74) is -1.01. The standard InChI is InChI=1S/C17H24N2O2/c1-12(2)11-19-15(21)17(5,13-9-7-6-8-10-13)18-14(20)16(19,3)4/h6-10,12H,11H2,1-5H3,(H,18,20). The molecule has 114 valence electrons. The highest BCUT2D eigenvalue weighted by Crippen LogP contribution is 2.33. The van der Waals surface area contributed by atoms with Gasteiger partial charge in [0.05, 0.1) is 0 Å². The largest absolute Gasteiger partial charge is 0.336 e. The van der Waals surface area contributed by atoms with Crippen molar-refractivity contribution in [2.75, 3.05) is 6.54 Å². The van der Waals surface area contributed by atoms with E-state index in [-0.39, 0.29) is 11.8 Å². The van der Waals surface area contributed by atoms with Gasteiger partial charge in [-0.3, -0.25) is 9.59 Å². The molecule has 0 aliphatic carbocycles. The Hall–Kier alpha value is -1.84. The fourth-order valence-electron chi connectivity index (χ4n) is 2.72. The van der Waals surface area contributed by atoms with Crippen molar-refractivity contribution >= 4 is 11.8 Å². The number of rotatable bonds is 3. The minimum Gasteiger partial charge on any atom is -0.336 e. The van der Waals surface area contributed by atoms with Gasteiger partial charge < -0.3 is 10.2 Å². The van der Waals surface area contributed by atoms with Gasteiger partial charge in [-0.1, -0.05) is 44.2 Å². The molecular weight excluding hydrogens is 264 g/mol. The van der Waals surface area contributed by atoms with Crippen LogP contribution in [0, 0.1) is 5.92 Å². The van der Waals surface area contributed by atoms with Crippen LogP contribution in [0.3, 0.4) is 0 Å². The molecule has 1 aliphatic rings. The zero-order chi connectivity index (χ0) is 15.8. The molecular formula is C17H24N2O2. The van der Waals surface area contributed by atoms with Gasteiger partial charge in [0, 0.05) is 6.54 Å². The van der Waals surface area contributed by atoms with E-state index in [1.54, 1.807) is 25.7 Å². The molecule has 1 N–H and O–H groups in total. The first-order chi connectivity index (χ1) is 9.69. The zero-order valence-corrected chi connectivity index (χ0v) is 13.4. The summed E-state index contributed by atoms with van der Waals surface area (Å²) in [5.74, 6) is 0.139. The Balaban J connectivity index is 2.47. The van der Waals surface area contributed by atoms with Gasteiger partial charge in [-0.05, 0) is 32.3 Å². The van der Waals surface area contributed by atoms with Crippen molar-refractivity contribution in [2.45, 2.75) is 45.7 Å². The Kier molecular flexibility index (Phi) is 3.83. The summed E-state index contributed by atoms with van der Waals surface area (Å²) in [7, 11) is 0. The van der Waals surface area contributed by atoms with Gasteiger partial charge >= 0.3 is 0 Å². The molecule has 21 heavy (non-hydrogen) atoms. The summed E-state index contributed by atoms with van der Waals surface area (Å²) in [6.45, 7) is 10.1. The van der Waals surface area contributed by atoms with Crippen LogP contribution < -0.4 is 5.32 Å². The number of amides is 2. The molecule has 1 heterocycles. The molecule has 1 aromatic rings. The molecule has 1 saturated heterocycles. The lowest BCUT2D eigenvalue weighted by Gasteiger charge is -2.49. The molecule has 4 nitrogen and oxygen atoms in total. The van der Waals surface area contributed by atoms with Crippen LogP contribution >= 0.6 is 0 Å². The van der Waals surface area contributed by atoms with Crippen molar-refractivity contribution in [3.63, 3.8) is 0 Å². The maximum absolute atomic E-state index is 13.1. The number of piperazine rings is 1. The fourth-order valence-corrected chi connectivity index (χ4v) is 2.72. The van der Waals surface area contributed by atoms with Gasteiger partial charge in [0.2, 0.25) is 5.91 Å². The van der Waals surface area contributed by atoms with Crippen molar-refractivity contribution in [2.24, 2.45) is 5.92 Å². The average Bonchev–Trinajstić information content (AvgIpc) is 2.43. The van der Waals surface area contributed by atoms with Crippen LogP contribution in [-0.2, 0) is 15.1 Å². The first-order valence-corrected chi connectivity index (χ1v) is 7.40. The molecule has 2 rings (SSSR count). The number of nitrogens with one attached hydrogen (secondary N) is 1. The number of hydrogen-bond acceptors (Lipinski definition) is 2. The average molecular weight is 288 g/mol. The van der Waals surface area contributed by atoms with Gasteiger partial charge in [-0.2, -0.15) is 0 Å². The van der Waals surface area contributed by atoms with Crippen LogP contribution in [0.15, 0.2) is 30.3 Å². The van der Waals surface area contributed by atoms with E-state index in [0.717, 1.165) is 5.56 Å². The van der Waals surface area contributed by atoms with Crippen LogP contribution in [0.25, 0.3) is 0 Å². The van der Waals surface area contributed by atoms with Crippen molar-refractivity contribution in [3.8, 4) is 0 Å². The summed E-state index contributed by atoms with van der Waals surface area (Å²) in [4.78, 5) is 27.3. The van der Waals surface area contributed by atoms with E-state index in [1.807, 2.05) is 30.3 Å². The van der Waals surface area contributed by atoms with Crippen molar-refractivity contribution in [1.29, 1.82) is 0 Å². The first kappa shape index (κ1) is 15.5. The molecule has 1 atom stereocenters. The highest BCUT2D eigenvalue weighted by atomic mass is 16.2. The monoisotopic (exact) mass is 288 g/mol. The Morgan fingerprint density at radius 1 is 1.10 bits per heavy atom. The third-order valence-corrected chi connectivity index (χ3v) is 4.17. The second-order valence-electron chi connectivity index (χ2n) is 6.81. The smallest absolute Gasteiger partial charge is 0.253 e. The van der Waals surface area contributed by atoms with Gasteiger partial charge in [-0.25, -0.2) is 0 Å². The fraction of sp³-hybridized carbons (Fsp3) is 0.529. The number of benzene rings is 1. The lowest BCUT2D eigenvalue weighted by atomic mass is 9.83. The first-order valence-electron chi connectivity index (χ1n) is 7.40. The molecule has 1 aliphatic heterocycles. The van der Waals surface area contributed by atoms with Crippen molar-refractivity contribution < 1.29 is 9.59 Å². The third-order valence-electron chi connectivity index (χ3n) is 4.17.